The fraction of sp³-hybridized carbons (Fsp3) is 0.114. The normalized spacial score (nSPS) is 18.0. The van der Waals surface area contributed by atoms with Gasteiger partial charge >= 0.3 is 0 Å². The first kappa shape index (κ1) is 43.2. The highest BCUT2D eigenvalue weighted by Crippen LogP contribution is 2.54. The molecular weight excluding hydrogens is 883 g/mol. The molecule has 3 nitrogen and oxygen atoms in total. The van der Waals surface area contributed by atoms with E-state index in [1.54, 1.807) is 0 Å². The molecule has 5 aliphatic rings. The van der Waals surface area contributed by atoms with Crippen LogP contribution in [0, 0.1) is 0 Å². The van der Waals surface area contributed by atoms with Crippen LogP contribution in [0.25, 0.3) is 49.9 Å². The maximum absolute atomic E-state index is 4.21. The Morgan fingerprint density at radius 3 is 1.97 bits per heavy atom. The molecule has 1 aliphatic heterocycles. The first-order chi connectivity index (χ1) is 36.0. The monoisotopic (exact) mass is 937 g/mol. The van der Waals surface area contributed by atoms with E-state index in [1.165, 1.54) is 105 Å². The van der Waals surface area contributed by atoms with Gasteiger partial charge in [-0.1, -0.05) is 190 Å². The second kappa shape index (κ2) is 17.3. The lowest BCUT2D eigenvalue weighted by atomic mass is 9.69. The topological polar surface area (TPSA) is 18.5 Å². The zero-order valence-corrected chi connectivity index (χ0v) is 41.3. The van der Waals surface area contributed by atoms with Gasteiger partial charge in [0.15, 0.2) is 0 Å². The van der Waals surface area contributed by atoms with Crippen LogP contribution in [0.1, 0.15) is 60.1 Å². The predicted octanol–water partition coefficient (Wildman–Crippen LogP) is 17.2. The molecule has 1 N–H and O–H groups in total. The molecular formula is C70H55N3. The molecule has 3 heteroatoms. The summed E-state index contributed by atoms with van der Waals surface area (Å²) in [6, 6.07) is 76.4. The summed E-state index contributed by atoms with van der Waals surface area (Å²) in [6.45, 7) is 4.81. The Morgan fingerprint density at radius 2 is 1.19 bits per heavy atom. The number of dihydropyridines is 1. The van der Waals surface area contributed by atoms with Crippen LogP contribution in [0.15, 0.2) is 259 Å². The minimum Gasteiger partial charge on any atom is -0.378 e. The molecule has 0 saturated heterocycles. The Morgan fingerprint density at radius 1 is 0.534 bits per heavy atom. The lowest BCUT2D eigenvalue weighted by Gasteiger charge is -2.43. The smallest absolute Gasteiger partial charge is 0.0778 e. The molecule has 0 fully saturated rings. The molecule has 2 unspecified atom stereocenters. The van der Waals surface area contributed by atoms with Crippen LogP contribution >= 0.6 is 0 Å². The predicted molar refractivity (Wildman–Crippen MR) is 307 cm³/mol. The van der Waals surface area contributed by atoms with Gasteiger partial charge in [0.05, 0.1) is 17.8 Å². The van der Waals surface area contributed by atoms with Crippen LogP contribution in [0.3, 0.4) is 0 Å². The third kappa shape index (κ3) is 7.17. The highest BCUT2D eigenvalue weighted by atomic mass is 15.2. The first-order valence-electron chi connectivity index (χ1n) is 26.0. The number of hydrogen-bond donors (Lipinski definition) is 1. The number of anilines is 4. The molecule has 14 rings (SSSR count). The Labute approximate surface area is 428 Å². The number of nitrogens with zero attached hydrogens (tertiary/aromatic N) is 2. The van der Waals surface area contributed by atoms with Crippen molar-refractivity contribution < 1.29 is 0 Å². The quantitative estimate of drug-likeness (QED) is 0.164. The summed E-state index contributed by atoms with van der Waals surface area (Å²) in [4.78, 5) is 5.00. The molecule has 4 aliphatic carbocycles. The van der Waals surface area contributed by atoms with Crippen molar-refractivity contribution in [2.45, 2.75) is 50.6 Å². The summed E-state index contributed by atoms with van der Waals surface area (Å²) in [5.41, 5.74) is 23.0. The van der Waals surface area contributed by atoms with E-state index in [9.17, 15) is 0 Å². The lowest BCUT2D eigenvalue weighted by Crippen LogP contribution is -2.39. The highest BCUT2D eigenvalue weighted by Gasteiger charge is 2.41. The second-order valence-corrected chi connectivity index (χ2v) is 20.8. The van der Waals surface area contributed by atoms with E-state index in [0.29, 0.717) is 0 Å². The van der Waals surface area contributed by atoms with Crippen molar-refractivity contribution in [3.8, 4) is 11.1 Å². The highest BCUT2D eigenvalue weighted by molar-refractivity contribution is 6.02. The third-order valence-corrected chi connectivity index (χ3v) is 16.3. The zero-order chi connectivity index (χ0) is 48.6. The van der Waals surface area contributed by atoms with Crippen molar-refractivity contribution in [3.05, 3.63) is 293 Å². The molecule has 1 heterocycles. The van der Waals surface area contributed by atoms with Gasteiger partial charge in [0.2, 0.25) is 0 Å². The number of nitrogens with one attached hydrogen (secondary N) is 1. The number of rotatable bonds is 8. The summed E-state index contributed by atoms with van der Waals surface area (Å²) >= 11 is 0. The Hall–Kier alpha value is -8.66. The fourth-order valence-electron chi connectivity index (χ4n) is 12.8. The van der Waals surface area contributed by atoms with Gasteiger partial charge in [-0.15, -0.1) is 0 Å². The average Bonchev–Trinajstić information content (AvgIpc) is 3.67. The van der Waals surface area contributed by atoms with Crippen LogP contribution in [0.5, 0.6) is 0 Å². The van der Waals surface area contributed by atoms with Gasteiger partial charge in [-0.3, -0.25) is 0 Å². The van der Waals surface area contributed by atoms with Gasteiger partial charge < -0.3 is 15.1 Å². The van der Waals surface area contributed by atoms with Crippen LogP contribution < -0.4 is 15.1 Å². The van der Waals surface area contributed by atoms with Crippen LogP contribution in [-0.4, -0.2) is 12.1 Å². The summed E-state index contributed by atoms with van der Waals surface area (Å²) in [5, 5.41) is 9.13. The Balaban J connectivity index is 1.02. The summed E-state index contributed by atoms with van der Waals surface area (Å²) in [7, 11) is 0. The van der Waals surface area contributed by atoms with Crippen molar-refractivity contribution in [1.29, 1.82) is 0 Å². The summed E-state index contributed by atoms with van der Waals surface area (Å²) < 4.78 is 0. The number of allylic oxidation sites excluding steroid dienone is 4. The van der Waals surface area contributed by atoms with Gasteiger partial charge in [0, 0.05) is 34.4 Å². The van der Waals surface area contributed by atoms with E-state index >= 15 is 0 Å². The molecule has 0 spiro atoms. The number of benzene rings is 9. The third-order valence-electron chi connectivity index (χ3n) is 16.3. The number of hydrogen-bond acceptors (Lipinski definition) is 3. The minimum atomic E-state index is -0.154. The summed E-state index contributed by atoms with van der Waals surface area (Å²) in [6.07, 6.45) is 17.3. The molecule has 9 aromatic rings. The van der Waals surface area contributed by atoms with Gasteiger partial charge in [0.25, 0.3) is 0 Å². The van der Waals surface area contributed by atoms with Crippen molar-refractivity contribution in [1.82, 2.24) is 5.32 Å². The van der Waals surface area contributed by atoms with Crippen LogP contribution in [0.4, 0.5) is 22.7 Å². The van der Waals surface area contributed by atoms with E-state index in [2.05, 4.69) is 272 Å². The number of fused-ring (bicyclic) bond motifs is 8. The van der Waals surface area contributed by atoms with E-state index < -0.39 is 0 Å². The molecule has 350 valence electrons. The van der Waals surface area contributed by atoms with Crippen LogP contribution in [-0.2, 0) is 11.8 Å². The zero-order valence-electron chi connectivity index (χ0n) is 41.3. The van der Waals surface area contributed by atoms with E-state index in [1.807, 2.05) is 0 Å². The molecule has 0 aromatic heterocycles. The lowest BCUT2D eigenvalue weighted by molar-refractivity contribution is 0.660. The van der Waals surface area contributed by atoms with E-state index in [-0.39, 0.29) is 17.5 Å². The van der Waals surface area contributed by atoms with Gasteiger partial charge in [-0.2, -0.15) is 0 Å². The van der Waals surface area contributed by atoms with E-state index in [0.717, 1.165) is 36.3 Å². The van der Waals surface area contributed by atoms with Crippen molar-refractivity contribution in [3.63, 3.8) is 0 Å². The maximum atomic E-state index is 4.21. The van der Waals surface area contributed by atoms with Crippen molar-refractivity contribution in [2.75, 3.05) is 9.80 Å². The average molecular weight is 938 g/mol. The van der Waals surface area contributed by atoms with Crippen molar-refractivity contribution in [2.24, 2.45) is 0 Å². The molecule has 9 aromatic carbocycles. The molecule has 0 saturated carbocycles. The van der Waals surface area contributed by atoms with Gasteiger partial charge in [-0.05, 0) is 174 Å². The number of para-hydroxylation sites is 2. The van der Waals surface area contributed by atoms with Gasteiger partial charge in [0.1, 0.15) is 0 Å². The van der Waals surface area contributed by atoms with Crippen LogP contribution in [0.2, 0.25) is 0 Å². The Bertz CT molecular complexity index is 3900. The molecule has 73 heavy (non-hydrogen) atoms. The standard InChI is InChI=1S/C70H55N3/c1-70(2)65-31-16-15-29-59(65)60-38-34-51(42-66(60)70)67-63-43-56(72(52-24-5-3-6-25-52)54-35-32-46-18-9-11-21-49(46)40-54)37-39-62(63)68(61-30-17-23-48-20-13-14-28-58(48)61)64-44-57(45-71-69(64)67)73(53-26-7-4-8-27-53)55-36-33-47-19-10-12-22-50(47)41-55/h3-13,15-27,29-42,44-45,56,69,71H,14,28,43H2,1-2H3. The second-order valence-electron chi connectivity index (χ2n) is 20.8. The maximum Gasteiger partial charge on any atom is 0.0778 e. The fourth-order valence-corrected chi connectivity index (χ4v) is 12.8. The largest absolute Gasteiger partial charge is 0.378 e. The first-order valence-corrected chi connectivity index (χ1v) is 26.0. The molecule has 2 atom stereocenters. The SMILES string of the molecule is CC1(C)c2ccccc2-c2ccc(C3=C4CC(N(c5ccccc5)c5ccc6ccccc6c5)C=CC4=C(c4cccc5c4CCC=C5)C4=CC(N(c5ccccc5)c5ccc6ccccc6c5)=CNC43)cc21. The molecule has 0 radical (unpaired) electrons. The van der Waals surface area contributed by atoms with Crippen molar-refractivity contribution >= 4 is 61.5 Å². The molecule has 0 bridgehead atoms. The summed E-state index contributed by atoms with van der Waals surface area (Å²) in [5.74, 6) is 0. The van der Waals surface area contributed by atoms with E-state index in [4.69, 9.17) is 0 Å². The Kier molecular flexibility index (Phi) is 10.2. The minimum absolute atomic E-state index is 0.0306. The van der Waals surface area contributed by atoms with Gasteiger partial charge in [-0.25, -0.2) is 0 Å². The molecule has 0 amide bonds.